The van der Waals surface area contributed by atoms with Crippen molar-refractivity contribution in [1.29, 1.82) is 0 Å². The van der Waals surface area contributed by atoms with E-state index in [2.05, 4.69) is 9.98 Å². The smallest absolute Gasteiger partial charge is 0.211 e. The van der Waals surface area contributed by atoms with Crippen molar-refractivity contribution in [3.63, 3.8) is 0 Å². The molecular formula is C10H9ClN2S3. The maximum absolute atomic E-state index is 6.06. The molecule has 1 heterocycles. The van der Waals surface area contributed by atoms with Gasteiger partial charge in [0.25, 0.3) is 0 Å². The molecule has 2 rings (SSSR count). The number of thiazole rings is 1. The Morgan fingerprint density at radius 1 is 1.38 bits per heavy atom. The van der Waals surface area contributed by atoms with Crippen LogP contribution >= 0.6 is 46.5 Å². The zero-order valence-corrected chi connectivity index (χ0v) is 11.9. The zero-order chi connectivity index (χ0) is 11.5. The van der Waals surface area contributed by atoms with Crippen LogP contribution in [0.1, 0.15) is 0 Å². The van der Waals surface area contributed by atoms with Crippen LogP contribution in [0.25, 0.3) is 10.2 Å². The van der Waals surface area contributed by atoms with Gasteiger partial charge in [0.15, 0.2) is 0 Å². The average molecular weight is 289 g/mol. The molecule has 16 heavy (non-hydrogen) atoms. The summed E-state index contributed by atoms with van der Waals surface area (Å²) >= 11 is 10.9. The van der Waals surface area contributed by atoms with Crippen LogP contribution in [0.5, 0.6) is 0 Å². The van der Waals surface area contributed by atoms with E-state index in [0.29, 0.717) is 5.02 Å². The van der Waals surface area contributed by atoms with Crippen molar-refractivity contribution in [2.45, 2.75) is 0 Å². The molecule has 2 nitrogen and oxygen atoms in total. The summed E-state index contributed by atoms with van der Waals surface area (Å²) in [6.07, 6.45) is 4.02. The monoisotopic (exact) mass is 288 g/mol. The predicted octanol–water partition coefficient (Wildman–Crippen LogP) is 4.66. The largest absolute Gasteiger partial charge is 0.217 e. The van der Waals surface area contributed by atoms with Crippen LogP contribution in [-0.2, 0) is 0 Å². The number of aliphatic imine (C=N–C) groups is 1. The summed E-state index contributed by atoms with van der Waals surface area (Å²) in [5.74, 6) is 0. The highest BCUT2D eigenvalue weighted by Crippen LogP contribution is 2.33. The Bertz CT molecular complexity index is 530. The van der Waals surface area contributed by atoms with Gasteiger partial charge < -0.3 is 0 Å². The molecule has 0 N–H and O–H groups in total. The minimum Gasteiger partial charge on any atom is -0.217 e. The summed E-state index contributed by atoms with van der Waals surface area (Å²) in [6.45, 7) is 0. The van der Waals surface area contributed by atoms with E-state index in [-0.39, 0.29) is 0 Å². The van der Waals surface area contributed by atoms with Crippen molar-refractivity contribution < 1.29 is 0 Å². The third-order valence-corrected chi connectivity index (χ3v) is 5.00. The van der Waals surface area contributed by atoms with Crippen LogP contribution in [0.3, 0.4) is 0 Å². The van der Waals surface area contributed by atoms with E-state index in [1.807, 2.05) is 30.7 Å². The normalized spacial score (nSPS) is 10.7. The molecule has 0 aliphatic carbocycles. The number of hydrogen-bond donors (Lipinski definition) is 0. The molecule has 6 heteroatoms. The number of hydrogen-bond acceptors (Lipinski definition) is 5. The second-order valence-corrected chi connectivity index (χ2v) is 6.13. The predicted molar refractivity (Wildman–Crippen MR) is 78.8 cm³/mol. The van der Waals surface area contributed by atoms with Crippen molar-refractivity contribution >= 4 is 66.2 Å². The molecule has 0 amide bonds. The molecule has 0 atom stereocenters. The van der Waals surface area contributed by atoms with Crippen molar-refractivity contribution in [1.82, 2.24) is 4.98 Å². The van der Waals surface area contributed by atoms with Crippen LogP contribution in [0.4, 0.5) is 5.13 Å². The highest BCUT2D eigenvalue weighted by molar-refractivity contribution is 8.38. The highest BCUT2D eigenvalue weighted by atomic mass is 35.5. The average Bonchev–Trinajstić information content (AvgIpc) is 2.70. The fourth-order valence-electron chi connectivity index (χ4n) is 1.20. The molecule has 0 bridgehead atoms. The number of nitrogens with zero attached hydrogens (tertiary/aromatic N) is 2. The number of thioether (sulfide) groups is 2. The molecule has 0 unspecified atom stereocenters. The molecule has 0 aliphatic rings. The number of fused-ring (bicyclic) bond motifs is 1. The summed E-state index contributed by atoms with van der Waals surface area (Å²) in [5, 5.41) is 1.45. The second-order valence-electron chi connectivity index (χ2n) is 2.87. The number of para-hydroxylation sites is 1. The summed E-state index contributed by atoms with van der Waals surface area (Å²) in [7, 11) is 0. The molecule has 0 aliphatic heterocycles. The van der Waals surface area contributed by atoms with Gasteiger partial charge in [0.2, 0.25) is 5.13 Å². The van der Waals surface area contributed by atoms with Gasteiger partial charge in [0.05, 0.1) is 9.72 Å². The lowest BCUT2D eigenvalue weighted by Gasteiger charge is -1.93. The lowest BCUT2D eigenvalue weighted by atomic mass is 10.3. The van der Waals surface area contributed by atoms with Gasteiger partial charge in [0, 0.05) is 0 Å². The number of aromatic nitrogens is 1. The Hall–Kier alpha value is -0.230. The lowest BCUT2D eigenvalue weighted by molar-refractivity contribution is 1.42. The fraction of sp³-hybridized carbons (Fsp3) is 0.200. The molecule has 0 spiro atoms. The summed E-state index contributed by atoms with van der Waals surface area (Å²) in [5.41, 5.74) is 0.842. The molecule has 0 fully saturated rings. The topological polar surface area (TPSA) is 25.2 Å². The third-order valence-electron chi connectivity index (χ3n) is 1.89. The number of rotatable bonds is 1. The first-order valence-electron chi connectivity index (χ1n) is 4.46. The van der Waals surface area contributed by atoms with Gasteiger partial charge in [-0.15, -0.1) is 23.5 Å². The van der Waals surface area contributed by atoms with Gasteiger partial charge in [-0.05, 0) is 24.6 Å². The van der Waals surface area contributed by atoms with Crippen LogP contribution in [0.2, 0.25) is 5.02 Å². The minimum absolute atomic E-state index is 0.685. The maximum atomic E-state index is 6.06. The van der Waals surface area contributed by atoms with Gasteiger partial charge in [0.1, 0.15) is 9.89 Å². The first-order chi connectivity index (χ1) is 7.74. The molecule has 2 aromatic rings. The first kappa shape index (κ1) is 12.2. The van der Waals surface area contributed by atoms with Crippen molar-refractivity contribution in [2.24, 2.45) is 4.99 Å². The first-order valence-corrected chi connectivity index (χ1v) is 8.10. The van der Waals surface area contributed by atoms with Crippen LogP contribution in [-0.4, -0.2) is 21.9 Å². The van der Waals surface area contributed by atoms with E-state index in [1.165, 1.54) is 0 Å². The SMILES string of the molecule is CSC(=Nc1nc2c(Cl)cccc2s1)SC. The van der Waals surface area contributed by atoms with Crippen molar-refractivity contribution in [3.05, 3.63) is 23.2 Å². The van der Waals surface area contributed by atoms with E-state index >= 15 is 0 Å². The molecule has 1 aromatic carbocycles. The molecule has 0 saturated heterocycles. The molecule has 84 valence electrons. The highest BCUT2D eigenvalue weighted by Gasteiger charge is 2.06. The van der Waals surface area contributed by atoms with Crippen LogP contribution in [0, 0.1) is 0 Å². The van der Waals surface area contributed by atoms with Gasteiger partial charge in [-0.1, -0.05) is 29.0 Å². The Morgan fingerprint density at radius 2 is 2.12 bits per heavy atom. The van der Waals surface area contributed by atoms with Gasteiger partial charge in [-0.3, -0.25) is 0 Å². The van der Waals surface area contributed by atoms with Crippen LogP contribution in [0.15, 0.2) is 23.2 Å². The number of benzene rings is 1. The van der Waals surface area contributed by atoms with E-state index < -0.39 is 0 Å². The van der Waals surface area contributed by atoms with Gasteiger partial charge in [-0.25, -0.2) is 9.98 Å². The third kappa shape index (κ3) is 2.53. The Kier molecular flexibility index (Phi) is 4.13. The maximum Gasteiger partial charge on any atom is 0.211 e. The van der Waals surface area contributed by atoms with Gasteiger partial charge >= 0.3 is 0 Å². The Balaban J connectivity index is 2.47. The van der Waals surface area contributed by atoms with Crippen molar-refractivity contribution in [2.75, 3.05) is 12.5 Å². The standard InChI is InChI=1S/C10H9ClN2S3/c1-14-10(15-2)13-9-12-8-6(11)4-3-5-7(8)16-9/h3-5H,1-2H3. The minimum atomic E-state index is 0.685. The van der Waals surface area contributed by atoms with Crippen molar-refractivity contribution in [3.8, 4) is 0 Å². The molecule has 0 radical (unpaired) electrons. The zero-order valence-electron chi connectivity index (χ0n) is 8.73. The van der Waals surface area contributed by atoms with E-state index in [9.17, 15) is 0 Å². The molecule has 0 saturated carbocycles. The van der Waals surface area contributed by atoms with Crippen LogP contribution < -0.4 is 0 Å². The van der Waals surface area contributed by atoms with E-state index in [0.717, 1.165) is 19.7 Å². The lowest BCUT2D eigenvalue weighted by Crippen LogP contribution is -1.79. The summed E-state index contributed by atoms with van der Waals surface area (Å²) in [6, 6.07) is 5.79. The summed E-state index contributed by atoms with van der Waals surface area (Å²) in [4.78, 5) is 8.89. The molecular weight excluding hydrogens is 280 g/mol. The summed E-state index contributed by atoms with van der Waals surface area (Å²) < 4.78 is 2.09. The van der Waals surface area contributed by atoms with E-state index in [4.69, 9.17) is 11.6 Å². The quantitative estimate of drug-likeness (QED) is 0.563. The molecule has 1 aromatic heterocycles. The van der Waals surface area contributed by atoms with E-state index in [1.54, 1.807) is 34.9 Å². The van der Waals surface area contributed by atoms with Gasteiger partial charge in [-0.2, -0.15) is 0 Å². The fourth-order valence-corrected chi connectivity index (χ4v) is 3.48. The second kappa shape index (κ2) is 5.40. The Morgan fingerprint density at radius 3 is 2.75 bits per heavy atom. The Labute approximate surface area is 112 Å². The number of halogens is 1.